The van der Waals surface area contributed by atoms with Crippen molar-refractivity contribution >= 4 is 0 Å². The molecule has 0 aromatic rings. The van der Waals surface area contributed by atoms with Gasteiger partial charge < -0.3 is 9.47 Å². The maximum Gasteiger partial charge on any atom is 0.157 e. The molecule has 0 fully saturated rings. The van der Waals surface area contributed by atoms with E-state index >= 15 is 0 Å². The van der Waals surface area contributed by atoms with E-state index in [0.29, 0.717) is 0 Å². The molecule has 136 valence electrons. The smallest absolute Gasteiger partial charge is 0.157 e. The lowest BCUT2D eigenvalue weighted by Gasteiger charge is -2.18. The van der Waals surface area contributed by atoms with Gasteiger partial charge in [0.25, 0.3) is 0 Å². The average molecular weight is 325 g/mol. The van der Waals surface area contributed by atoms with Gasteiger partial charge in [0.15, 0.2) is 6.29 Å². The second kappa shape index (κ2) is 19.4. The minimum atomic E-state index is 0.0205. The summed E-state index contributed by atoms with van der Waals surface area (Å²) in [6.45, 7) is 8.23. The third-order valence-electron chi connectivity index (χ3n) is 3.78. The Labute approximate surface area is 145 Å². The van der Waals surface area contributed by atoms with Crippen LogP contribution in [0.15, 0.2) is 24.3 Å². The highest BCUT2D eigenvalue weighted by atomic mass is 16.7. The lowest BCUT2D eigenvalue weighted by molar-refractivity contribution is -0.147. The summed E-state index contributed by atoms with van der Waals surface area (Å²) >= 11 is 0. The molecule has 0 aromatic carbocycles. The van der Waals surface area contributed by atoms with Crippen LogP contribution in [0, 0.1) is 0 Å². The van der Waals surface area contributed by atoms with Gasteiger partial charge in [0.1, 0.15) is 0 Å². The van der Waals surface area contributed by atoms with Crippen LogP contribution in [0.2, 0.25) is 0 Å². The number of hydrogen-bond donors (Lipinski definition) is 0. The normalized spacial score (nSPS) is 12.2. The van der Waals surface area contributed by atoms with E-state index in [0.717, 1.165) is 38.9 Å². The van der Waals surface area contributed by atoms with Crippen LogP contribution in [0.4, 0.5) is 0 Å². The highest BCUT2D eigenvalue weighted by molar-refractivity contribution is 5.01. The lowest BCUT2D eigenvalue weighted by Crippen LogP contribution is -2.18. The quantitative estimate of drug-likeness (QED) is 0.166. The van der Waals surface area contributed by atoms with E-state index in [-0.39, 0.29) is 6.29 Å². The minimum Gasteiger partial charge on any atom is -0.353 e. The Balaban J connectivity index is 3.63. The first-order valence-corrected chi connectivity index (χ1v) is 9.89. The SMILES string of the molecule is CCC=CC=CCCCCCCC(OCCCC)OCCCC. The molecule has 0 aliphatic carbocycles. The number of unbranched alkanes of at least 4 members (excludes halogenated alkanes) is 6. The summed E-state index contributed by atoms with van der Waals surface area (Å²) < 4.78 is 11.7. The third kappa shape index (κ3) is 17.6. The van der Waals surface area contributed by atoms with Crippen LogP contribution in [-0.4, -0.2) is 19.5 Å². The van der Waals surface area contributed by atoms with Crippen molar-refractivity contribution < 1.29 is 9.47 Å². The molecular formula is C21H40O2. The second-order valence-electron chi connectivity index (χ2n) is 6.13. The van der Waals surface area contributed by atoms with Gasteiger partial charge in [-0.2, -0.15) is 0 Å². The molecule has 0 spiro atoms. The first kappa shape index (κ1) is 22.4. The molecule has 0 unspecified atom stereocenters. The molecule has 23 heavy (non-hydrogen) atoms. The van der Waals surface area contributed by atoms with Gasteiger partial charge >= 0.3 is 0 Å². The van der Waals surface area contributed by atoms with Crippen LogP contribution in [0.3, 0.4) is 0 Å². The van der Waals surface area contributed by atoms with Crippen molar-refractivity contribution in [1.29, 1.82) is 0 Å². The third-order valence-corrected chi connectivity index (χ3v) is 3.78. The molecule has 0 N–H and O–H groups in total. The summed E-state index contributed by atoms with van der Waals surface area (Å²) in [5.74, 6) is 0. The molecule has 0 saturated carbocycles. The summed E-state index contributed by atoms with van der Waals surface area (Å²) in [4.78, 5) is 0. The Morgan fingerprint density at radius 2 is 1.30 bits per heavy atom. The van der Waals surface area contributed by atoms with E-state index in [4.69, 9.17) is 9.47 Å². The Morgan fingerprint density at radius 3 is 1.91 bits per heavy atom. The van der Waals surface area contributed by atoms with Gasteiger partial charge in [-0.1, -0.05) is 70.8 Å². The Morgan fingerprint density at radius 1 is 0.696 bits per heavy atom. The van der Waals surface area contributed by atoms with E-state index in [9.17, 15) is 0 Å². The van der Waals surface area contributed by atoms with Gasteiger partial charge in [-0.3, -0.25) is 0 Å². The molecule has 0 saturated heterocycles. The highest BCUT2D eigenvalue weighted by Gasteiger charge is 2.08. The number of rotatable bonds is 17. The molecule has 0 aliphatic rings. The number of ether oxygens (including phenoxy) is 2. The molecule has 0 amide bonds. The monoisotopic (exact) mass is 324 g/mol. The van der Waals surface area contributed by atoms with E-state index in [1.165, 1.54) is 44.9 Å². The predicted octanol–water partition coefficient (Wildman–Crippen LogP) is 6.81. The van der Waals surface area contributed by atoms with Crippen LogP contribution in [0.1, 0.15) is 91.4 Å². The van der Waals surface area contributed by atoms with E-state index in [1.54, 1.807) is 0 Å². The first-order chi connectivity index (χ1) is 11.3. The molecule has 0 radical (unpaired) electrons. The van der Waals surface area contributed by atoms with E-state index < -0.39 is 0 Å². The van der Waals surface area contributed by atoms with Gasteiger partial charge in [-0.05, 0) is 44.9 Å². The Bertz CT molecular complexity index is 261. The summed E-state index contributed by atoms with van der Waals surface area (Å²) in [5, 5.41) is 0. The van der Waals surface area contributed by atoms with Crippen LogP contribution in [0.5, 0.6) is 0 Å². The van der Waals surface area contributed by atoms with Crippen molar-refractivity contribution in [2.75, 3.05) is 13.2 Å². The minimum absolute atomic E-state index is 0.0205. The van der Waals surface area contributed by atoms with Crippen molar-refractivity contribution in [3.8, 4) is 0 Å². The second-order valence-corrected chi connectivity index (χ2v) is 6.13. The zero-order chi connectivity index (χ0) is 17.0. The predicted molar refractivity (Wildman–Crippen MR) is 102 cm³/mol. The van der Waals surface area contributed by atoms with Crippen LogP contribution in [0.25, 0.3) is 0 Å². The molecule has 0 rings (SSSR count). The zero-order valence-electron chi connectivity index (χ0n) is 15.9. The van der Waals surface area contributed by atoms with Crippen LogP contribution in [-0.2, 0) is 9.47 Å². The summed E-state index contributed by atoms with van der Waals surface area (Å²) in [7, 11) is 0. The fourth-order valence-electron chi connectivity index (χ4n) is 2.25. The summed E-state index contributed by atoms with van der Waals surface area (Å²) in [6, 6.07) is 0. The molecule has 2 nitrogen and oxygen atoms in total. The van der Waals surface area contributed by atoms with Gasteiger partial charge in [0, 0.05) is 13.2 Å². The van der Waals surface area contributed by atoms with Crippen molar-refractivity contribution in [3.05, 3.63) is 24.3 Å². The highest BCUT2D eigenvalue weighted by Crippen LogP contribution is 2.12. The van der Waals surface area contributed by atoms with Crippen molar-refractivity contribution in [2.45, 2.75) is 97.7 Å². The molecule has 2 heteroatoms. The van der Waals surface area contributed by atoms with Crippen molar-refractivity contribution in [3.63, 3.8) is 0 Å². The average Bonchev–Trinajstić information content (AvgIpc) is 2.56. The molecule has 0 aromatic heterocycles. The molecule has 0 bridgehead atoms. The van der Waals surface area contributed by atoms with Crippen molar-refractivity contribution in [1.82, 2.24) is 0 Å². The molecule has 0 atom stereocenters. The number of allylic oxidation sites excluding steroid dienone is 4. The van der Waals surface area contributed by atoms with Crippen molar-refractivity contribution in [2.24, 2.45) is 0 Å². The Kier molecular flexibility index (Phi) is 18.9. The van der Waals surface area contributed by atoms with E-state index in [1.807, 2.05) is 0 Å². The van der Waals surface area contributed by atoms with Gasteiger partial charge in [0.2, 0.25) is 0 Å². The topological polar surface area (TPSA) is 18.5 Å². The zero-order valence-corrected chi connectivity index (χ0v) is 15.9. The van der Waals surface area contributed by atoms with Crippen LogP contribution < -0.4 is 0 Å². The maximum atomic E-state index is 5.87. The number of hydrogen-bond acceptors (Lipinski definition) is 2. The largest absolute Gasteiger partial charge is 0.353 e. The Hall–Kier alpha value is -0.600. The van der Waals surface area contributed by atoms with E-state index in [2.05, 4.69) is 45.1 Å². The lowest BCUT2D eigenvalue weighted by atomic mass is 10.1. The van der Waals surface area contributed by atoms with Gasteiger partial charge in [-0.15, -0.1) is 0 Å². The maximum absolute atomic E-state index is 5.87. The molecule has 0 heterocycles. The molecule has 0 aliphatic heterocycles. The summed E-state index contributed by atoms with van der Waals surface area (Å²) in [5.41, 5.74) is 0. The fourth-order valence-corrected chi connectivity index (χ4v) is 2.25. The van der Waals surface area contributed by atoms with Gasteiger partial charge in [-0.25, -0.2) is 0 Å². The van der Waals surface area contributed by atoms with Crippen LogP contribution >= 0.6 is 0 Å². The molecular weight excluding hydrogens is 284 g/mol. The first-order valence-electron chi connectivity index (χ1n) is 9.89. The fraction of sp³-hybridized carbons (Fsp3) is 0.810. The van der Waals surface area contributed by atoms with Gasteiger partial charge in [0.05, 0.1) is 0 Å². The standard InChI is InChI=1S/C21H40O2/c1-4-7-10-11-12-13-14-15-16-17-18-21(22-19-8-5-2)23-20-9-6-3/h7,10-12,21H,4-6,8-9,13-20H2,1-3H3. The summed E-state index contributed by atoms with van der Waals surface area (Å²) in [6.07, 6.45) is 21.9.